The van der Waals surface area contributed by atoms with Gasteiger partial charge in [0, 0.05) is 15.6 Å². The van der Waals surface area contributed by atoms with Crippen LogP contribution in [0.4, 0.5) is 10.5 Å². The van der Waals surface area contributed by atoms with Gasteiger partial charge in [0.05, 0.1) is 17.8 Å². The zero-order chi connectivity index (χ0) is 32.2. The molecule has 0 aromatic heterocycles. The first kappa shape index (κ1) is 31.9. The number of rotatable bonds is 9. The first-order valence-electron chi connectivity index (χ1n) is 13.7. The molecule has 1 aliphatic rings. The summed E-state index contributed by atoms with van der Waals surface area (Å²) in [6, 6.07) is 19.7. The van der Waals surface area contributed by atoms with E-state index >= 15 is 0 Å². The fraction of sp³-hybridized carbons (Fsp3) is 0.147. The van der Waals surface area contributed by atoms with Crippen LogP contribution in [0.1, 0.15) is 27.8 Å². The number of amides is 4. The van der Waals surface area contributed by atoms with Crippen LogP contribution in [0.15, 0.2) is 78.4 Å². The van der Waals surface area contributed by atoms with Crippen LogP contribution in [-0.4, -0.2) is 25.0 Å². The Hall–Kier alpha value is -4.50. The number of carbonyl (C=O) groups is 3. The van der Waals surface area contributed by atoms with E-state index in [-0.39, 0.29) is 29.5 Å². The first-order valence-corrected chi connectivity index (χ1v) is 14.8. The number of hydrogen-bond donors (Lipinski definition) is 1. The van der Waals surface area contributed by atoms with E-state index in [9.17, 15) is 14.4 Å². The molecule has 230 valence electrons. The van der Waals surface area contributed by atoms with Crippen molar-refractivity contribution in [3.05, 3.63) is 121 Å². The molecule has 0 atom stereocenters. The molecule has 0 aliphatic carbocycles. The highest BCUT2D eigenvalue weighted by molar-refractivity contribution is 6.39. The second-order valence-corrected chi connectivity index (χ2v) is 11.5. The summed E-state index contributed by atoms with van der Waals surface area (Å²) in [6.45, 7) is 4.46. The van der Waals surface area contributed by atoms with E-state index < -0.39 is 17.8 Å². The summed E-state index contributed by atoms with van der Waals surface area (Å²) in [5, 5.41) is 3.42. The number of nitrogens with zero attached hydrogens (tertiary/aromatic N) is 1. The summed E-state index contributed by atoms with van der Waals surface area (Å²) in [4.78, 5) is 39.8. The minimum Gasteiger partial charge on any atom is -0.493 e. The van der Waals surface area contributed by atoms with Crippen LogP contribution in [0.2, 0.25) is 15.1 Å². The standard InChI is InChI=1S/C34H27Cl3N2O6/c1-19-10-20(2)12-22(11-19)17-45-31-29(37)14-21(15-30(31)43-3)13-27-32(40)38-34(42)39(33(27)41)25-6-8-26(9-7-25)44-18-23-4-5-24(35)16-28(23)36/h4-16H,17-18H2,1-3H3,(H,38,40,42)/b27-13+. The molecule has 0 spiro atoms. The predicted octanol–water partition coefficient (Wildman–Crippen LogP) is 8.10. The Kier molecular flexibility index (Phi) is 9.68. The Morgan fingerprint density at radius 3 is 2.18 bits per heavy atom. The van der Waals surface area contributed by atoms with E-state index in [1.807, 2.05) is 26.0 Å². The van der Waals surface area contributed by atoms with Gasteiger partial charge in [0.2, 0.25) is 0 Å². The molecule has 45 heavy (non-hydrogen) atoms. The van der Waals surface area contributed by atoms with E-state index in [4.69, 9.17) is 49.0 Å². The minimum absolute atomic E-state index is 0.182. The molecule has 1 aliphatic heterocycles. The van der Waals surface area contributed by atoms with E-state index in [0.717, 1.165) is 27.2 Å². The number of barbiturate groups is 1. The van der Waals surface area contributed by atoms with Gasteiger partial charge in [-0.1, -0.05) is 70.2 Å². The van der Waals surface area contributed by atoms with Gasteiger partial charge in [-0.2, -0.15) is 0 Å². The number of hydrogen-bond acceptors (Lipinski definition) is 6. The monoisotopic (exact) mass is 664 g/mol. The summed E-state index contributed by atoms with van der Waals surface area (Å²) >= 11 is 18.7. The predicted molar refractivity (Wildman–Crippen MR) is 174 cm³/mol. The summed E-state index contributed by atoms with van der Waals surface area (Å²) in [6.07, 6.45) is 1.34. The molecule has 1 N–H and O–H groups in total. The lowest BCUT2D eigenvalue weighted by Crippen LogP contribution is -2.54. The fourth-order valence-corrected chi connectivity index (χ4v) is 5.56. The molecule has 4 aromatic carbocycles. The number of anilines is 1. The van der Waals surface area contributed by atoms with E-state index in [0.29, 0.717) is 32.9 Å². The molecule has 8 nitrogen and oxygen atoms in total. The lowest BCUT2D eigenvalue weighted by atomic mass is 10.1. The van der Waals surface area contributed by atoms with Gasteiger partial charge in [0.1, 0.15) is 24.5 Å². The smallest absolute Gasteiger partial charge is 0.335 e. The third-order valence-corrected chi connectivity index (χ3v) is 7.70. The Bertz CT molecular complexity index is 1820. The highest BCUT2D eigenvalue weighted by Crippen LogP contribution is 2.38. The van der Waals surface area contributed by atoms with Crippen molar-refractivity contribution >= 4 is 64.4 Å². The first-order chi connectivity index (χ1) is 21.5. The second-order valence-electron chi connectivity index (χ2n) is 10.3. The molecule has 4 amide bonds. The summed E-state index contributed by atoms with van der Waals surface area (Å²) in [7, 11) is 1.46. The maximum Gasteiger partial charge on any atom is 0.335 e. The molecule has 11 heteroatoms. The van der Waals surface area contributed by atoms with Crippen molar-refractivity contribution in [3.8, 4) is 17.2 Å². The molecular formula is C34H27Cl3N2O6. The SMILES string of the molecule is COc1cc(/C=C2\C(=O)NC(=O)N(c3ccc(OCc4ccc(Cl)cc4Cl)cc3)C2=O)cc(Cl)c1OCc1cc(C)cc(C)c1. The van der Waals surface area contributed by atoms with Crippen molar-refractivity contribution in [2.45, 2.75) is 27.1 Å². The van der Waals surface area contributed by atoms with Crippen LogP contribution in [0.5, 0.6) is 17.2 Å². The number of imide groups is 2. The van der Waals surface area contributed by atoms with Gasteiger partial charge in [-0.25, -0.2) is 9.69 Å². The lowest BCUT2D eigenvalue weighted by Gasteiger charge is -2.26. The van der Waals surface area contributed by atoms with Crippen molar-refractivity contribution in [2.75, 3.05) is 12.0 Å². The third kappa shape index (κ3) is 7.42. The van der Waals surface area contributed by atoms with Crippen molar-refractivity contribution < 1.29 is 28.6 Å². The average molecular weight is 666 g/mol. The number of nitrogens with one attached hydrogen (secondary N) is 1. The zero-order valence-corrected chi connectivity index (χ0v) is 26.7. The molecule has 0 unspecified atom stereocenters. The van der Waals surface area contributed by atoms with Gasteiger partial charge in [0.25, 0.3) is 11.8 Å². The summed E-state index contributed by atoms with van der Waals surface area (Å²) in [5.41, 5.74) is 4.29. The number of urea groups is 1. The lowest BCUT2D eigenvalue weighted by molar-refractivity contribution is -0.122. The molecule has 0 saturated carbocycles. The van der Waals surface area contributed by atoms with Crippen LogP contribution >= 0.6 is 34.8 Å². The number of halogens is 3. The van der Waals surface area contributed by atoms with Crippen molar-refractivity contribution in [1.82, 2.24) is 5.32 Å². The molecule has 5 rings (SSSR count). The highest BCUT2D eigenvalue weighted by atomic mass is 35.5. The van der Waals surface area contributed by atoms with Crippen LogP contribution in [0.3, 0.4) is 0 Å². The van der Waals surface area contributed by atoms with Gasteiger partial charge in [0.15, 0.2) is 11.5 Å². The van der Waals surface area contributed by atoms with Gasteiger partial charge >= 0.3 is 6.03 Å². The maximum atomic E-state index is 13.5. The molecule has 4 aromatic rings. The van der Waals surface area contributed by atoms with Crippen molar-refractivity contribution in [1.29, 1.82) is 0 Å². The van der Waals surface area contributed by atoms with Gasteiger partial charge < -0.3 is 14.2 Å². The third-order valence-electron chi connectivity index (χ3n) is 6.83. The molecule has 1 heterocycles. The number of methoxy groups -OCH3 is 1. The minimum atomic E-state index is -0.880. The number of carbonyl (C=O) groups excluding carboxylic acids is 3. The molecule has 1 saturated heterocycles. The highest BCUT2D eigenvalue weighted by Gasteiger charge is 2.37. The molecule has 0 radical (unpaired) electrons. The zero-order valence-electron chi connectivity index (χ0n) is 24.5. The number of benzene rings is 4. The summed E-state index contributed by atoms with van der Waals surface area (Å²) in [5.74, 6) is -0.548. The second kappa shape index (κ2) is 13.6. The van der Waals surface area contributed by atoms with Crippen LogP contribution in [0.25, 0.3) is 6.08 Å². The van der Waals surface area contributed by atoms with Crippen LogP contribution in [0, 0.1) is 13.8 Å². The van der Waals surface area contributed by atoms with Gasteiger partial charge in [-0.05, 0) is 79.6 Å². The summed E-state index contributed by atoms with van der Waals surface area (Å²) < 4.78 is 17.3. The normalized spacial score (nSPS) is 14.0. The number of ether oxygens (including phenoxy) is 3. The molecule has 0 bridgehead atoms. The van der Waals surface area contributed by atoms with E-state index in [1.54, 1.807) is 42.5 Å². The Balaban J connectivity index is 1.34. The Morgan fingerprint density at radius 2 is 1.51 bits per heavy atom. The van der Waals surface area contributed by atoms with E-state index in [2.05, 4.69) is 11.4 Å². The van der Waals surface area contributed by atoms with Crippen molar-refractivity contribution in [2.24, 2.45) is 0 Å². The number of aryl methyl sites for hydroxylation is 2. The quantitative estimate of drug-likeness (QED) is 0.143. The fourth-order valence-electron chi connectivity index (χ4n) is 4.82. The topological polar surface area (TPSA) is 94.2 Å². The Morgan fingerprint density at radius 1 is 0.800 bits per heavy atom. The molecular weight excluding hydrogens is 639 g/mol. The average Bonchev–Trinajstić information content (AvgIpc) is 2.98. The van der Waals surface area contributed by atoms with Crippen LogP contribution in [-0.2, 0) is 22.8 Å². The largest absolute Gasteiger partial charge is 0.493 e. The van der Waals surface area contributed by atoms with E-state index in [1.165, 1.54) is 25.3 Å². The molecule has 1 fully saturated rings. The maximum absolute atomic E-state index is 13.5. The van der Waals surface area contributed by atoms with Gasteiger partial charge in [-0.15, -0.1) is 0 Å². The van der Waals surface area contributed by atoms with Gasteiger partial charge in [-0.3, -0.25) is 14.9 Å². The van der Waals surface area contributed by atoms with Crippen LogP contribution < -0.4 is 24.4 Å². The van der Waals surface area contributed by atoms with Crippen molar-refractivity contribution in [3.63, 3.8) is 0 Å². The Labute approximate surface area is 275 Å².